The summed E-state index contributed by atoms with van der Waals surface area (Å²) in [6, 6.07) is 6.17. The van der Waals surface area contributed by atoms with E-state index < -0.39 is 5.60 Å². The van der Waals surface area contributed by atoms with E-state index in [0.717, 1.165) is 15.8 Å². The summed E-state index contributed by atoms with van der Waals surface area (Å²) in [6.07, 6.45) is 0. The minimum Gasteiger partial charge on any atom is -0.496 e. The van der Waals surface area contributed by atoms with Crippen LogP contribution in [0.2, 0.25) is 0 Å². The molecule has 0 aliphatic heterocycles. The third-order valence-corrected chi connectivity index (χ3v) is 3.74. The second-order valence-corrected chi connectivity index (χ2v) is 6.59. The summed E-state index contributed by atoms with van der Waals surface area (Å²) in [5.41, 5.74) is 0.403. The Morgan fingerprint density at radius 2 is 2.10 bits per heavy atom. The van der Waals surface area contributed by atoms with Gasteiger partial charge in [0.2, 0.25) is 0 Å². The lowest BCUT2D eigenvalue weighted by Crippen LogP contribution is -2.46. The van der Waals surface area contributed by atoms with Gasteiger partial charge in [-0.3, -0.25) is 0 Å². The van der Waals surface area contributed by atoms with Gasteiger partial charge in [-0.25, -0.2) is 0 Å². The molecule has 0 spiro atoms. The molecule has 0 fully saturated rings. The maximum Gasteiger partial charge on any atom is 0.133 e. The second kappa shape index (κ2) is 7.41. The van der Waals surface area contributed by atoms with Crippen molar-refractivity contribution in [1.29, 1.82) is 0 Å². The molecule has 0 saturated carbocycles. The van der Waals surface area contributed by atoms with Crippen LogP contribution < -0.4 is 10.1 Å². The first-order valence-corrected chi connectivity index (χ1v) is 7.48. The number of benzene rings is 1. The van der Waals surface area contributed by atoms with Gasteiger partial charge < -0.3 is 20.1 Å². The monoisotopic (exact) mass is 344 g/mol. The lowest BCUT2D eigenvalue weighted by molar-refractivity contribution is 0.0317. The molecule has 4 nitrogen and oxygen atoms in total. The summed E-state index contributed by atoms with van der Waals surface area (Å²) in [7, 11) is 5.57. The Bertz CT molecular complexity index is 436. The van der Waals surface area contributed by atoms with Crippen LogP contribution in [-0.2, 0) is 0 Å². The van der Waals surface area contributed by atoms with E-state index in [2.05, 4.69) is 28.2 Å². The van der Waals surface area contributed by atoms with Crippen LogP contribution in [0.5, 0.6) is 5.75 Å². The summed E-state index contributed by atoms with van der Waals surface area (Å²) in [5, 5.41) is 13.7. The molecule has 1 aromatic carbocycles. The van der Waals surface area contributed by atoms with Crippen molar-refractivity contribution in [3.8, 4) is 5.75 Å². The number of nitrogens with one attached hydrogen (secondary N) is 1. The summed E-state index contributed by atoms with van der Waals surface area (Å²) in [6.45, 7) is 5.09. The van der Waals surface area contributed by atoms with Crippen LogP contribution in [0.15, 0.2) is 22.7 Å². The molecule has 0 aromatic heterocycles. The van der Waals surface area contributed by atoms with Gasteiger partial charge in [0, 0.05) is 19.1 Å². The fourth-order valence-corrected chi connectivity index (χ4v) is 2.74. The lowest BCUT2D eigenvalue weighted by atomic mass is 10.0. The number of nitrogens with zero attached hydrogens (tertiary/aromatic N) is 1. The molecule has 1 aromatic rings. The van der Waals surface area contributed by atoms with Crippen LogP contribution in [0.4, 0.5) is 0 Å². The van der Waals surface area contributed by atoms with Crippen LogP contribution in [0, 0.1) is 0 Å². The fraction of sp³-hybridized carbons (Fsp3) is 0.600. The molecule has 0 amide bonds. The number of aliphatic hydroxyl groups is 1. The van der Waals surface area contributed by atoms with E-state index in [9.17, 15) is 5.11 Å². The zero-order chi connectivity index (χ0) is 15.3. The van der Waals surface area contributed by atoms with Crippen molar-refractivity contribution >= 4 is 15.9 Å². The van der Waals surface area contributed by atoms with Crippen molar-refractivity contribution in [2.75, 3.05) is 34.3 Å². The molecule has 2 atom stereocenters. The quantitative estimate of drug-likeness (QED) is 0.797. The third kappa shape index (κ3) is 5.40. The molecule has 0 aliphatic carbocycles. The Hall–Kier alpha value is -0.620. The maximum atomic E-state index is 10.3. The highest BCUT2D eigenvalue weighted by Gasteiger charge is 2.22. The van der Waals surface area contributed by atoms with Gasteiger partial charge in [0.1, 0.15) is 5.75 Å². The van der Waals surface area contributed by atoms with E-state index in [-0.39, 0.29) is 6.04 Å². The first-order valence-electron chi connectivity index (χ1n) is 6.69. The Balaban J connectivity index is 2.63. The highest BCUT2D eigenvalue weighted by atomic mass is 79.9. The molecule has 0 bridgehead atoms. The molecule has 0 radical (unpaired) electrons. The zero-order valence-corrected chi connectivity index (χ0v) is 14.5. The number of hydrogen-bond donors (Lipinski definition) is 2. The lowest BCUT2D eigenvalue weighted by Gasteiger charge is -2.29. The van der Waals surface area contributed by atoms with Gasteiger partial charge in [-0.15, -0.1) is 0 Å². The van der Waals surface area contributed by atoms with Crippen molar-refractivity contribution < 1.29 is 9.84 Å². The van der Waals surface area contributed by atoms with Gasteiger partial charge in [-0.05, 0) is 61.6 Å². The molecule has 1 rings (SSSR count). The highest BCUT2D eigenvalue weighted by Crippen LogP contribution is 2.28. The van der Waals surface area contributed by atoms with Crippen molar-refractivity contribution in [2.45, 2.75) is 25.5 Å². The molecule has 0 heterocycles. The predicted octanol–water partition coefficient (Wildman–Crippen LogP) is 2.42. The van der Waals surface area contributed by atoms with Crippen LogP contribution in [0.3, 0.4) is 0 Å². The van der Waals surface area contributed by atoms with Gasteiger partial charge in [0.15, 0.2) is 0 Å². The molecule has 5 heteroatoms. The van der Waals surface area contributed by atoms with E-state index >= 15 is 0 Å². The topological polar surface area (TPSA) is 44.7 Å². The van der Waals surface area contributed by atoms with E-state index in [0.29, 0.717) is 13.1 Å². The predicted molar refractivity (Wildman–Crippen MR) is 86.3 cm³/mol. The molecular weight excluding hydrogens is 320 g/mol. The Morgan fingerprint density at radius 3 is 2.60 bits per heavy atom. The Labute approximate surface area is 130 Å². The van der Waals surface area contributed by atoms with Crippen LogP contribution in [0.25, 0.3) is 0 Å². The van der Waals surface area contributed by atoms with E-state index in [1.54, 1.807) is 7.11 Å². The summed E-state index contributed by atoms with van der Waals surface area (Å²) in [5.74, 6) is 0.820. The number of hydrogen-bond acceptors (Lipinski definition) is 4. The average molecular weight is 345 g/mol. The van der Waals surface area contributed by atoms with Gasteiger partial charge in [-0.1, -0.05) is 6.07 Å². The number of ether oxygens (including phenoxy) is 1. The van der Waals surface area contributed by atoms with Crippen LogP contribution >= 0.6 is 15.9 Å². The number of likely N-dealkylation sites (N-methyl/N-ethyl adjacent to an activating group) is 1. The molecule has 2 N–H and O–H groups in total. The Kier molecular flexibility index (Phi) is 6.45. The molecule has 0 aliphatic rings. The molecule has 2 unspecified atom stereocenters. The SMILES string of the molecule is COc1ccc(C(C)NCC(C)(O)CN(C)C)cc1Br. The largest absolute Gasteiger partial charge is 0.496 e. The summed E-state index contributed by atoms with van der Waals surface area (Å²) in [4.78, 5) is 1.98. The van der Waals surface area contributed by atoms with Crippen molar-refractivity contribution in [1.82, 2.24) is 10.2 Å². The van der Waals surface area contributed by atoms with Gasteiger partial charge in [0.05, 0.1) is 17.2 Å². The van der Waals surface area contributed by atoms with Crippen molar-refractivity contribution in [2.24, 2.45) is 0 Å². The van der Waals surface area contributed by atoms with Crippen LogP contribution in [0.1, 0.15) is 25.5 Å². The van der Waals surface area contributed by atoms with E-state index in [1.807, 2.05) is 44.1 Å². The number of rotatable bonds is 7. The van der Waals surface area contributed by atoms with Crippen LogP contribution in [-0.4, -0.2) is 49.9 Å². The second-order valence-electron chi connectivity index (χ2n) is 5.73. The first kappa shape index (κ1) is 17.4. The maximum absolute atomic E-state index is 10.3. The van der Waals surface area contributed by atoms with E-state index in [1.165, 1.54) is 0 Å². The van der Waals surface area contributed by atoms with Crippen molar-refractivity contribution in [3.63, 3.8) is 0 Å². The molecular formula is C15H25BrN2O2. The normalized spacial score (nSPS) is 16.0. The van der Waals surface area contributed by atoms with Gasteiger partial charge in [0.25, 0.3) is 0 Å². The van der Waals surface area contributed by atoms with E-state index in [4.69, 9.17) is 4.74 Å². The Morgan fingerprint density at radius 1 is 1.45 bits per heavy atom. The summed E-state index contributed by atoms with van der Waals surface area (Å²) < 4.78 is 6.16. The van der Waals surface area contributed by atoms with Gasteiger partial charge >= 0.3 is 0 Å². The molecule has 114 valence electrons. The smallest absolute Gasteiger partial charge is 0.133 e. The fourth-order valence-electron chi connectivity index (χ4n) is 2.18. The van der Waals surface area contributed by atoms with Crippen molar-refractivity contribution in [3.05, 3.63) is 28.2 Å². The first-order chi connectivity index (χ1) is 9.25. The summed E-state index contributed by atoms with van der Waals surface area (Å²) >= 11 is 3.49. The highest BCUT2D eigenvalue weighted by molar-refractivity contribution is 9.10. The molecule has 0 saturated heterocycles. The number of halogens is 1. The van der Waals surface area contributed by atoms with Gasteiger partial charge in [-0.2, -0.15) is 0 Å². The zero-order valence-electron chi connectivity index (χ0n) is 12.9. The minimum absolute atomic E-state index is 0.158. The number of methoxy groups -OCH3 is 1. The standard InChI is InChI=1S/C15H25BrN2O2/c1-11(17-9-15(2,19)10-18(3)4)12-6-7-14(20-5)13(16)8-12/h6-8,11,17,19H,9-10H2,1-5H3. The average Bonchev–Trinajstić information content (AvgIpc) is 2.34. The third-order valence-electron chi connectivity index (χ3n) is 3.12. The molecule has 20 heavy (non-hydrogen) atoms. The minimum atomic E-state index is -0.749.